The maximum Gasteiger partial charge on any atom is 0.252 e. The van der Waals surface area contributed by atoms with Crippen molar-refractivity contribution in [2.75, 3.05) is 27.2 Å². The van der Waals surface area contributed by atoms with Gasteiger partial charge in [0.1, 0.15) is 4.21 Å². The average molecular weight is 555 g/mol. The lowest BCUT2D eigenvalue weighted by molar-refractivity contribution is 0.523. The second-order valence-corrected chi connectivity index (χ2v) is 10.2. The van der Waals surface area contributed by atoms with Gasteiger partial charge >= 0.3 is 0 Å². The summed E-state index contributed by atoms with van der Waals surface area (Å²) in [6.45, 7) is 8.88. The largest absolute Gasteiger partial charge is 0.357 e. The van der Waals surface area contributed by atoms with Crippen molar-refractivity contribution in [2.45, 2.75) is 44.5 Å². The van der Waals surface area contributed by atoms with E-state index in [1.807, 2.05) is 24.6 Å². The van der Waals surface area contributed by atoms with Crippen molar-refractivity contribution in [3.05, 3.63) is 34.5 Å². The lowest BCUT2D eigenvalue weighted by Gasteiger charge is -2.11. The summed E-state index contributed by atoms with van der Waals surface area (Å²) in [5.74, 6) is 0.723. The van der Waals surface area contributed by atoms with Gasteiger partial charge in [-0.05, 0) is 45.4 Å². The number of guanidine groups is 1. The number of hydrogen-bond acceptors (Lipinski definition) is 5. The fraction of sp³-hybridized carbons (Fsp3) is 0.556. The number of hydrogen-bond donors (Lipinski definition) is 2. The summed E-state index contributed by atoms with van der Waals surface area (Å²) < 4.78 is 27.9. The molecule has 0 radical (unpaired) electrons. The smallest absolute Gasteiger partial charge is 0.252 e. The molecule has 0 saturated carbocycles. The topological polar surface area (TPSA) is 91.6 Å². The highest BCUT2D eigenvalue weighted by molar-refractivity contribution is 14.0. The van der Waals surface area contributed by atoms with Crippen LogP contribution in [-0.2, 0) is 23.1 Å². The molecular weight excluding hydrogens is 523 g/mol. The van der Waals surface area contributed by atoms with E-state index in [-0.39, 0.29) is 24.0 Å². The molecule has 2 N–H and O–H groups in total. The Kier molecular flexibility index (Phi) is 10.6. The van der Waals surface area contributed by atoms with E-state index in [0.717, 1.165) is 42.6 Å². The number of nitrogens with zero attached hydrogens (tertiary/aromatic N) is 4. The van der Waals surface area contributed by atoms with Gasteiger partial charge in [0.15, 0.2) is 5.96 Å². The van der Waals surface area contributed by atoms with Crippen molar-refractivity contribution >= 4 is 51.3 Å². The molecule has 0 saturated heterocycles. The molecule has 0 atom stereocenters. The van der Waals surface area contributed by atoms with Gasteiger partial charge in [-0.2, -0.15) is 5.10 Å². The van der Waals surface area contributed by atoms with Crippen molar-refractivity contribution in [3.63, 3.8) is 0 Å². The first-order valence-electron chi connectivity index (χ1n) is 9.28. The summed E-state index contributed by atoms with van der Waals surface area (Å²) in [5.41, 5.74) is 2.20. The maximum absolute atomic E-state index is 12.2. The van der Waals surface area contributed by atoms with Crippen LogP contribution in [0.3, 0.4) is 0 Å². The number of thiophene rings is 1. The maximum atomic E-state index is 12.2. The number of rotatable bonds is 9. The van der Waals surface area contributed by atoms with Gasteiger partial charge in [0.05, 0.1) is 12.2 Å². The van der Waals surface area contributed by atoms with Gasteiger partial charge in [0.2, 0.25) is 0 Å². The molecule has 0 aliphatic heterocycles. The van der Waals surface area contributed by atoms with Gasteiger partial charge in [-0.3, -0.25) is 4.68 Å². The van der Waals surface area contributed by atoms with Gasteiger partial charge in [-0.25, -0.2) is 17.7 Å². The Hall–Kier alpha value is -1.18. The van der Waals surface area contributed by atoms with Crippen LogP contribution in [0.5, 0.6) is 0 Å². The van der Waals surface area contributed by atoms with Crippen LogP contribution in [0.2, 0.25) is 0 Å². The quantitative estimate of drug-likeness (QED) is 0.215. The minimum atomic E-state index is -3.39. The predicted octanol–water partition coefficient (Wildman–Crippen LogP) is 2.58. The first-order chi connectivity index (χ1) is 13.2. The zero-order valence-electron chi connectivity index (χ0n) is 17.6. The highest BCUT2D eigenvalue weighted by Gasteiger charge is 2.19. The zero-order chi connectivity index (χ0) is 20.7. The molecule has 0 aliphatic rings. The van der Waals surface area contributed by atoms with Crippen LogP contribution in [0, 0.1) is 13.8 Å². The number of nitrogens with one attached hydrogen (secondary N) is 2. The predicted molar refractivity (Wildman–Crippen MR) is 130 cm³/mol. The molecule has 11 heteroatoms. The summed E-state index contributed by atoms with van der Waals surface area (Å²) in [7, 11) is -0.319. The number of aliphatic imine (C=N–C) groups is 1. The Bertz CT molecular complexity index is 905. The molecule has 0 aliphatic carbocycles. The van der Waals surface area contributed by atoms with Gasteiger partial charge < -0.3 is 10.6 Å². The molecule has 0 aromatic carbocycles. The van der Waals surface area contributed by atoms with E-state index in [1.54, 1.807) is 6.07 Å². The normalized spacial score (nSPS) is 12.1. The summed E-state index contributed by atoms with van der Waals surface area (Å²) in [6, 6.07) is 5.53. The molecule has 2 heterocycles. The van der Waals surface area contributed by atoms with Crippen LogP contribution < -0.4 is 10.6 Å². The summed E-state index contributed by atoms with van der Waals surface area (Å²) in [4.78, 5) is 5.47. The molecule has 164 valence electrons. The molecule has 0 spiro atoms. The zero-order valence-corrected chi connectivity index (χ0v) is 21.6. The molecule has 0 bridgehead atoms. The van der Waals surface area contributed by atoms with E-state index in [2.05, 4.69) is 33.7 Å². The Labute approximate surface area is 194 Å². The monoisotopic (exact) mass is 554 g/mol. The highest BCUT2D eigenvalue weighted by Crippen LogP contribution is 2.24. The van der Waals surface area contributed by atoms with E-state index < -0.39 is 10.0 Å². The fourth-order valence-corrected chi connectivity index (χ4v) is 5.05. The SMILES string of the molecule is CCNC(=NCc1ccc(S(=O)(=O)N(C)C)s1)NCCCn1nc(C)cc1C.I. The van der Waals surface area contributed by atoms with Crippen LogP contribution >= 0.6 is 35.3 Å². The van der Waals surface area contributed by atoms with Crippen molar-refractivity contribution in [1.82, 2.24) is 24.7 Å². The summed E-state index contributed by atoms with van der Waals surface area (Å²) >= 11 is 1.25. The molecule has 2 aromatic heterocycles. The summed E-state index contributed by atoms with van der Waals surface area (Å²) in [6.07, 6.45) is 0.927. The van der Waals surface area contributed by atoms with Gasteiger partial charge in [-0.15, -0.1) is 35.3 Å². The number of sulfonamides is 1. The molecule has 29 heavy (non-hydrogen) atoms. The minimum Gasteiger partial charge on any atom is -0.357 e. The molecule has 0 unspecified atom stereocenters. The molecule has 0 fully saturated rings. The van der Waals surface area contributed by atoms with E-state index in [0.29, 0.717) is 10.8 Å². The lowest BCUT2D eigenvalue weighted by Crippen LogP contribution is -2.38. The van der Waals surface area contributed by atoms with Crippen LogP contribution in [-0.4, -0.2) is 55.6 Å². The van der Waals surface area contributed by atoms with Crippen LogP contribution in [0.4, 0.5) is 0 Å². The third-order valence-electron chi connectivity index (χ3n) is 4.05. The minimum absolute atomic E-state index is 0. The van der Waals surface area contributed by atoms with Crippen LogP contribution in [0.25, 0.3) is 0 Å². The standard InChI is InChI=1S/C18H30N6O2S2.HI/c1-6-19-18(20-10-7-11-24-15(3)12-14(2)22-24)21-13-16-8-9-17(27-16)28(25,26)23(4)5;/h8-9,12H,6-7,10-11,13H2,1-5H3,(H2,19,20,21);1H. The van der Waals surface area contributed by atoms with Crippen molar-refractivity contribution in [2.24, 2.45) is 4.99 Å². The van der Waals surface area contributed by atoms with Crippen molar-refractivity contribution in [3.8, 4) is 0 Å². The first kappa shape index (κ1) is 25.9. The lowest BCUT2D eigenvalue weighted by atomic mass is 10.4. The highest BCUT2D eigenvalue weighted by atomic mass is 127. The number of aryl methyl sites for hydroxylation is 3. The number of halogens is 1. The van der Waals surface area contributed by atoms with E-state index >= 15 is 0 Å². The Balaban J connectivity index is 0.00000420. The van der Waals surface area contributed by atoms with Gasteiger partial charge in [0.25, 0.3) is 10.0 Å². The third-order valence-corrected chi connectivity index (χ3v) is 7.40. The van der Waals surface area contributed by atoms with E-state index in [4.69, 9.17) is 0 Å². The van der Waals surface area contributed by atoms with Crippen LogP contribution in [0.1, 0.15) is 29.6 Å². The Morgan fingerprint density at radius 1 is 1.28 bits per heavy atom. The van der Waals surface area contributed by atoms with Gasteiger partial charge in [-0.1, -0.05) is 0 Å². The molecular formula is C18H31IN6O2S2. The van der Waals surface area contributed by atoms with Crippen LogP contribution in [0.15, 0.2) is 27.4 Å². The van der Waals surface area contributed by atoms with Crippen molar-refractivity contribution < 1.29 is 8.42 Å². The molecule has 0 amide bonds. The molecule has 8 nitrogen and oxygen atoms in total. The van der Waals surface area contributed by atoms with E-state index in [9.17, 15) is 8.42 Å². The summed E-state index contributed by atoms with van der Waals surface area (Å²) in [5, 5.41) is 11.0. The second kappa shape index (κ2) is 11.9. The molecule has 2 aromatic rings. The first-order valence-corrected chi connectivity index (χ1v) is 11.5. The second-order valence-electron chi connectivity index (χ2n) is 6.63. The van der Waals surface area contributed by atoms with Crippen molar-refractivity contribution in [1.29, 1.82) is 0 Å². The molecule has 2 rings (SSSR count). The Morgan fingerprint density at radius 3 is 2.59 bits per heavy atom. The fourth-order valence-electron chi connectivity index (χ4n) is 2.60. The average Bonchev–Trinajstić information content (AvgIpc) is 3.23. The van der Waals surface area contributed by atoms with E-state index in [1.165, 1.54) is 35.4 Å². The van der Waals surface area contributed by atoms with Gasteiger partial charge in [0, 0.05) is 44.3 Å². The third kappa shape index (κ3) is 7.54. The number of aromatic nitrogens is 2. The Morgan fingerprint density at radius 2 is 2.00 bits per heavy atom.